The number of nitrogens with zero attached hydrogens (tertiary/aromatic N) is 3. The van der Waals surface area contributed by atoms with Crippen molar-refractivity contribution in [2.24, 2.45) is 17.0 Å². The van der Waals surface area contributed by atoms with E-state index in [1.54, 1.807) is 17.8 Å². The summed E-state index contributed by atoms with van der Waals surface area (Å²) in [6.45, 7) is 0. The summed E-state index contributed by atoms with van der Waals surface area (Å²) in [5, 5.41) is 24.4. The third-order valence-corrected chi connectivity index (χ3v) is 5.92. The lowest BCUT2D eigenvalue weighted by Gasteiger charge is -2.20. The standard InChI is InChI=1S/C14H14N4O3S/c19-17-12-7-1-2-8(5-7)13(12)22-14-15-10-4-3-9(18(20)21)6-11(10)16-14/h3-4,6-8,13,19H,1-2,5H2,(H,15,16). The first-order chi connectivity index (χ1) is 10.7. The molecule has 1 heterocycles. The first-order valence-electron chi connectivity index (χ1n) is 7.18. The van der Waals surface area contributed by atoms with Crippen LogP contribution in [0, 0.1) is 22.0 Å². The molecule has 3 unspecified atom stereocenters. The van der Waals surface area contributed by atoms with Crippen LogP contribution in [0.3, 0.4) is 0 Å². The van der Waals surface area contributed by atoms with Crippen LogP contribution in [0.4, 0.5) is 5.69 Å². The monoisotopic (exact) mass is 318 g/mol. The number of thioether (sulfide) groups is 1. The molecule has 4 rings (SSSR count). The zero-order valence-electron chi connectivity index (χ0n) is 11.6. The quantitative estimate of drug-likeness (QED) is 0.514. The summed E-state index contributed by atoms with van der Waals surface area (Å²) in [6.07, 6.45) is 3.35. The number of nitrogens with one attached hydrogen (secondary N) is 1. The van der Waals surface area contributed by atoms with Crippen LogP contribution in [0.5, 0.6) is 0 Å². The Balaban J connectivity index is 1.63. The van der Waals surface area contributed by atoms with Crippen molar-refractivity contribution in [3.8, 4) is 0 Å². The number of aromatic nitrogens is 2. The number of rotatable bonds is 3. The molecule has 2 N–H and O–H groups in total. The molecule has 114 valence electrons. The highest BCUT2D eigenvalue weighted by atomic mass is 32.2. The molecule has 3 atom stereocenters. The molecule has 7 nitrogen and oxygen atoms in total. The summed E-state index contributed by atoms with van der Waals surface area (Å²) >= 11 is 1.56. The number of H-pyrrole nitrogens is 1. The molecule has 2 saturated carbocycles. The molecular formula is C14H14N4O3S. The summed E-state index contributed by atoms with van der Waals surface area (Å²) in [7, 11) is 0. The molecule has 8 heteroatoms. The molecular weight excluding hydrogens is 304 g/mol. The second-order valence-electron chi connectivity index (χ2n) is 5.83. The normalized spacial score (nSPS) is 28.7. The van der Waals surface area contributed by atoms with E-state index in [0.717, 1.165) is 25.0 Å². The Morgan fingerprint density at radius 2 is 2.32 bits per heavy atom. The van der Waals surface area contributed by atoms with Gasteiger partial charge in [-0.05, 0) is 31.2 Å². The van der Waals surface area contributed by atoms with Gasteiger partial charge in [-0.25, -0.2) is 4.98 Å². The molecule has 1 aromatic carbocycles. The lowest BCUT2D eigenvalue weighted by molar-refractivity contribution is -0.384. The zero-order valence-corrected chi connectivity index (χ0v) is 12.4. The molecule has 0 radical (unpaired) electrons. The Hall–Kier alpha value is -2.09. The summed E-state index contributed by atoms with van der Waals surface area (Å²) in [5.74, 6) is 0.932. The summed E-state index contributed by atoms with van der Waals surface area (Å²) in [5.41, 5.74) is 2.28. The van der Waals surface area contributed by atoms with Crippen molar-refractivity contribution in [3.63, 3.8) is 0 Å². The van der Waals surface area contributed by atoms with E-state index in [1.807, 2.05) is 0 Å². The van der Waals surface area contributed by atoms with Gasteiger partial charge in [0.2, 0.25) is 0 Å². The van der Waals surface area contributed by atoms with Crippen LogP contribution in [0.2, 0.25) is 0 Å². The molecule has 1 aromatic heterocycles. The Bertz CT molecular complexity index is 787. The van der Waals surface area contributed by atoms with Gasteiger partial charge in [-0.15, -0.1) is 0 Å². The molecule has 22 heavy (non-hydrogen) atoms. The average Bonchev–Trinajstić information content (AvgIpc) is 3.19. The van der Waals surface area contributed by atoms with Gasteiger partial charge in [0, 0.05) is 18.1 Å². The number of oxime groups is 1. The van der Waals surface area contributed by atoms with Gasteiger partial charge >= 0.3 is 0 Å². The van der Waals surface area contributed by atoms with Crippen molar-refractivity contribution in [1.82, 2.24) is 9.97 Å². The zero-order chi connectivity index (χ0) is 15.3. The summed E-state index contributed by atoms with van der Waals surface area (Å²) in [6, 6.07) is 4.60. The molecule has 0 amide bonds. The van der Waals surface area contributed by atoms with Crippen molar-refractivity contribution in [2.45, 2.75) is 29.7 Å². The number of fused-ring (bicyclic) bond motifs is 3. The Kier molecular flexibility index (Phi) is 3.07. The number of hydrogen-bond acceptors (Lipinski definition) is 6. The van der Waals surface area contributed by atoms with Crippen molar-refractivity contribution >= 4 is 34.2 Å². The predicted octanol–water partition coefficient (Wildman–Crippen LogP) is 3.19. The fourth-order valence-electron chi connectivity index (χ4n) is 3.59. The first kappa shape index (κ1) is 13.6. The molecule has 0 spiro atoms. The van der Waals surface area contributed by atoms with Crippen LogP contribution in [0.15, 0.2) is 28.5 Å². The molecule has 2 aliphatic carbocycles. The number of benzene rings is 1. The van der Waals surface area contributed by atoms with Gasteiger partial charge in [-0.1, -0.05) is 16.9 Å². The molecule has 2 bridgehead atoms. The van der Waals surface area contributed by atoms with E-state index in [2.05, 4.69) is 15.1 Å². The number of hydrogen-bond donors (Lipinski definition) is 2. The molecule has 0 aliphatic heterocycles. The Morgan fingerprint density at radius 1 is 1.45 bits per heavy atom. The fourth-order valence-corrected chi connectivity index (χ4v) is 4.95. The van der Waals surface area contributed by atoms with E-state index in [9.17, 15) is 15.3 Å². The first-order valence-corrected chi connectivity index (χ1v) is 8.06. The van der Waals surface area contributed by atoms with Crippen molar-refractivity contribution < 1.29 is 10.1 Å². The van der Waals surface area contributed by atoms with Gasteiger partial charge in [0.15, 0.2) is 5.16 Å². The van der Waals surface area contributed by atoms with Gasteiger partial charge in [0.1, 0.15) is 0 Å². The van der Waals surface area contributed by atoms with Crippen LogP contribution < -0.4 is 0 Å². The molecule has 2 aliphatic rings. The van der Waals surface area contributed by atoms with E-state index >= 15 is 0 Å². The second-order valence-corrected chi connectivity index (χ2v) is 6.96. The van der Waals surface area contributed by atoms with E-state index < -0.39 is 4.92 Å². The second kappa shape index (κ2) is 4.98. The summed E-state index contributed by atoms with van der Waals surface area (Å²) in [4.78, 5) is 18.0. The van der Waals surface area contributed by atoms with Crippen LogP contribution in [-0.2, 0) is 0 Å². The SMILES string of the molecule is O=[N+]([O-])c1ccc2nc(SC3C(=NO)C4CCC3C4)[nH]c2c1. The summed E-state index contributed by atoms with van der Waals surface area (Å²) < 4.78 is 0. The number of nitro groups is 1. The predicted molar refractivity (Wildman–Crippen MR) is 82.4 cm³/mol. The highest BCUT2D eigenvalue weighted by molar-refractivity contribution is 8.00. The van der Waals surface area contributed by atoms with Crippen molar-refractivity contribution in [1.29, 1.82) is 0 Å². The third-order valence-electron chi connectivity index (χ3n) is 4.62. The highest BCUT2D eigenvalue weighted by Gasteiger charge is 2.46. The maximum Gasteiger partial charge on any atom is 0.271 e. The lowest BCUT2D eigenvalue weighted by Crippen LogP contribution is -2.25. The van der Waals surface area contributed by atoms with Gasteiger partial charge in [0.25, 0.3) is 5.69 Å². The van der Waals surface area contributed by atoms with Gasteiger partial charge < -0.3 is 10.2 Å². The minimum absolute atomic E-state index is 0.0465. The third kappa shape index (κ3) is 2.06. The van der Waals surface area contributed by atoms with E-state index in [4.69, 9.17) is 0 Å². The van der Waals surface area contributed by atoms with E-state index in [-0.39, 0.29) is 10.9 Å². The van der Waals surface area contributed by atoms with E-state index in [1.165, 1.54) is 12.1 Å². The number of nitro benzene ring substituents is 1. The largest absolute Gasteiger partial charge is 0.411 e. The fraction of sp³-hybridized carbons (Fsp3) is 0.429. The molecule has 0 saturated heterocycles. The van der Waals surface area contributed by atoms with Crippen LogP contribution in [0.25, 0.3) is 11.0 Å². The number of aromatic amines is 1. The minimum atomic E-state index is -0.417. The number of non-ortho nitro benzene ring substituents is 1. The smallest absolute Gasteiger partial charge is 0.271 e. The lowest BCUT2D eigenvalue weighted by atomic mass is 9.98. The minimum Gasteiger partial charge on any atom is -0.411 e. The highest BCUT2D eigenvalue weighted by Crippen LogP contribution is 2.49. The molecule has 2 fully saturated rings. The van der Waals surface area contributed by atoms with Gasteiger partial charge in [-0.3, -0.25) is 10.1 Å². The maximum absolute atomic E-state index is 10.8. The number of imidazole rings is 1. The van der Waals surface area contributed by atoms with E-state index in [0.29, 0.717) is 28.0 Å². The van der Waals surface area contributed by atoms with Crippen LogP contribution in [-0.4, -0.2) is 31.1 Å². The van der Waals surface area contributed by atoms with Crippen LogP contribution >= 0.6 is 11.8 Å². The van der Waals surface area contributed by atoms with Crippen LogP contribution in [0.1, 0.15) is 19.3 Å². The Morgan fingerprint density at radius 3 is 3.09 bits per heavy atom. The maximum atomic E-state index is 10.8. The average molecular weight is 318 g/mol. The van der Waals surface area contributed by atoms with Gasteiger partial charge in [-0.2, -0.15) is 0 Å². The van der Waals surface area contributed by atoms with Gasteiger partial charge in [0.05, 0.1) is 26.9 Å². The van der Waals surface area contributed by atoms with Crippen molar-refractivity contribution in [2.75, 3.05) is 0 Å². The van der Waals surface area contributed by atoms with Crippen molar-refractivity contribution in [3.05, 3.63) is 28.3 Å². The topological polar surface area (TPSA) is 104 Å². The molecule has 2 aromatic rings. The Labute approximate surface area is 130 Å².